The quantitative estimate of drug-likeness (QED) is 0.784. The fraction of sp³-hybridized carbons (Fsp3) is 0.182. The minimum atomic E-state index is -0.292. The molecule has 2 heterocycles. The Morgan fingerprint density at radius 3 is 3.06 bits per heavy atom. The summed E-state index contributed by atoms with van der Waals surface area (Å²) in [5.41, 5.74) is 0.135. The summed E-state index contributed by atoms with van der Waals surface area (Å²) in [6, 6.07) is 2.90. The molecule has 2 aromatic heterocycles. The minimum Gasteiger partial charge on any atom is -0.347 e. The number of hydrogen-bond donors (Lipinski definition) is 2. The Morgan fingerprint density at radius 2 is 2.41 bits per heavy atom. The average Bonchev–Trinajstić information content (AvgIpc) is 2.82. The summed E-state index contributed by atoms with van der Waals surface area (Å²) in [6.45, 7) is 0.307. The lowest BCUT2D eigenvalue weighted by Gasteiger charge is -2.03. The zero-order valence-electron chi connectivity index (χ0n) is 9.30. The minimum absolute atomic E-state index is 0.212. The fourth-order valence-corrected chi connectivity index (χ4v) is 1.35. The van der Waals surface area contributed by atoms with E-state index >= 15 is 0 Å². The van der Waals surface area contributed by atoms with Crippen LogP contribution in [0.3, 0.4) is 0 Å². The molecule has 0 aliphatic carbocycles. The SMILES string of the molecule is Cn1ccc(C(=O)NCc2ncc[nH]2)cc1=O. The molecule has 0 unspecified atom stereocenters. The Bertz CT molecular complexity index is 571. The zero-order chi connectivity index (χ0) is 12.3. The van der Waals surface area contributed by atoms with Crippen molar-refractivity contribution in [3.63, 3.8) is 0 Å². The van der Waals surface area contributed by atoms with E-state index in [2.05, 4.69) is 15.3 Å². The number of carbonyl (C=O) groups is 1. The highest BCUT2D eigenvalue weighted by molar-refractivity contribution is 5.93. The lowest BCUT2D eigenvalue weighted by molar-refractivity contribution is 0.0949. The summed E-state index contributed by atoms with van der Waals surface area (Å²) < 4.78 is 1.41. The van der Waals surface area contributed by atoms with Crippen LogP contribution in [0.15, 0.2) is 35.5 Å². The molecule has 0 aromatic carbocycles. The van der Waals surface area contributed by atoms with E-state index in [1.165, 1.54) is 10.6 Å². The molecule has 0 aliphatic rings. The molecule has 6 nitrogen and oxygen atoms in total. The van der Waals surface area contributed by atoms with E-state index in [0.29, 0.717) is 17.9 Å². The summed E-state index contributed by atoms with van der Waals surface area (Å²) in [7, 11) is 1.63. The Kier molecular flexibility index (Phi) is 3.04. The van der Waals surface area contributed by atoms with Gasteiger partial charge in [-0.2, -0.15) is 0 Å². The molecule has 0 aliphatic heterocycles. The summed E-state index contributed by atoms with van der Waals surface area (Å²) in [6.07, 6.45) is 4.85. The first kappa shape index (κ1) is 11.1. The molecule has 0 saturated carbocycles. The van der Waals surface area contributed by atoms with E-state index in [4.69, 9.17) is 0 Å². The summed E-state index contributed by atoms with van der Waals surface area (Å²) in [5.74, 6) is 0.376. The van der Waals surface area contributed by atoms with Crippen molar-refractivity contribution in [3.05, 3.63) is 52.5 Å². The Balaban J connectivity index is 2.04. The number of rotatable bonds is 3. The van der Waals surface area contributed by atoms with Gasteiger partial charge in [-0.1, -0.05) is 0 Å². The lowest BCUT2D eigenvalue weighted by Crippen LogP contribution is -2.26. The Labute approximate surface area is 97.3 Å². The van der Waals surface area contributed by atoms with E-state index in [0.717, 1.165) is 0 Å². The first-order chi connectivity index (χ1) is 8.16. The Morgan fingerprint density at radius 1 is 1.59 bits per heavy atom. The molecule has 1 amide bonds. The second kappa shape index (κ2) is 4.65. The first-order valence-corrected chi connectivity index (χ1v) is 5.10. The van der Waals surface area contributed by atoms with Crippen LogP contribution in [0.1, 0.15) is 16.2 Å². The molecule has 0 bridgehead atoms. The van der Waals surface area contributed by atoms with Gasteiger partial charge in [0.15, 0.2) is 0 Å². The topological polar surface area (TPSA) is 79.8 Å². The lowest BCUT2D eigenvalue weighted by atomic mass is 10.2. The van der Waals surface area contributed by atoms with Gasteiger partial charge in [-0.3, -0.25) is 9.59 Å². The number of aromatic amines is 1. The zero-order valence-corrected chi connectivity index (χ0v) is 9.30. The predicted molar refractivity (Wildman–Crippen MR) is 61.4 cm³/mol. The number of nitrogens with one attached hydrogen (secondary N) is 2. The van der Waals surface area contributed by atoms with Crippen molar-refractivity contribution in [3.8, 4) is 0 Å². The smallest absolute Gasteiger partial charge is 0.251 e. The van der Waals surface area contributed by atoms with E-state index in [9.17, 15) is 9.59 Å². The van der Waals surface area contributed by atoms with E-state index < -0.39 is 0 Å². The largest absolute Gasteiger partial charge is 0.347 e. The van der Waals surface area contributed by atoms with Crippen LogP contribution in [0, 0.1) is 0 Å². The van der Waals surface area contributed by atoms with Crippen LogP contribution >= 0.6 is 0 Å². The third kappa shape index (κ3) is 2.60. The number of H-pyrrole nitrogens is 1. The molecule has 0 fully saturated rings. The van der Waals surface area contributed by atoms with Gasteiger partial charge >= 0.3 is 0 Å². The summed E-state index contributed by atoms with van der Waals surface area (Å²) in [4.78, 5) is 29.9. The van der Waals surface area contributed by atoms with Gasteiger partial charge in [-0.05, 0) is 6.07 Å². The molecule has 2 aromatic rings. The van der Waals surface area contributed by atoms with Crippen molar-refractivity contribution < 1.29 is 4.79 Å². The molecule has 88 valence electrons. The second-order valence-electron chi connectivity index (χ2n) is 3.58. The third-order valence-electron chi connectivity index (χ3n) is 2.34. The van der Waals surface area contributed by atoms with Crippen molar-refractivity contribution in [1.82, 2.24) is 19.9 Å². The maximum absolute atomic E-state index is 11.7. The van der Waals surface area contributed by atoms with Crippen molar-refractivity contribution in [2.45, 2.75) is 6.54 Å². The Hall–Kier alpha value is -2.37. The number of pyridine rings is 1. The molecule has 0 radical (unpaired) electrons. The highest BCUT2D eigenvalue weighted by Crippen LogP contribution is 1.95. The number of imidazole rings is 1. The van der Waals surface area contributed by atoms with Gasteiger partial charge in [-0.15, -0.1) is 0 Å². The average molecular weight is 232 g/mol. The third-order valence-corrected chi connectivity index (χ3v) is 2.34. The molecule has 0 atom stereocenters. The van der Waals surface area contributed by atoms with Gasteiger partial charge < -0.3 is 14.9 Å². The van der Waals surface area contributed by atoms with Crippen molar-refractivity contribution >= 4 is 5.91 Å². The molecule has 0 spiro atoms. The van der Waals surface area contributed by atoms with Crippen LogP contribution in [0.5, 0.6) is 0 Å². The predicted octanol–water partition coefficient (Wildman–Crippen LogP) is 0.0384. The van der Waals surface area contributed by atoms with Crippen molar-refractivity contribution in [2.24, 2.45) is 7.05 Å². The number of nitrogens with zero attached hydrogens (tertiary/aromatic N) is 2. The number of hydrogen-bond acceptors (Lipinski definition) is 3. The molecular weight excluding hydrogens is 220 g/mol. The molecular formula is C11H12N4O2. The highest BCUT2D eigenvalue weighted by Gasteiger charge is 2.06. The number of amides is 1. The van der Waals surface area contributed by atoms with E-state index in [1.54, 1.807) is 31.7 Å². The van der Waals surface area contributed by atoms with Crippen LogP contribution in [0.4, 0.5) is 0 Å². The summed E-state index contributed by atoms with van der Waals surface area (Å²) >= 11 is 0. The number of aryl methyl sites for hydroxylation is 1. The van der Waals surface area contributed by atoms with Crippen molar-refractivity contribution in [2.75, 3.05) is 0 Å². The normalized spacial score (nSPS) is 10.2. The van der Waals surface area contributed by atoms with E-state index in [1.807, 2.05) is 0 Å². The fourth-order valence-electron chi connectivity index (χ4n) is 1.35. The van der Waals surface area contributed by atoms with E-state index in [-0.39, 0.29) is 11.5 Å². The van der Waals surface area contributed by atoms with Crippen LogP contribution in [0.25, 0.3) is 0 Å². The maximum atomic E-state index is 11.7. The molecule has 2 N–H and O–H groups in total. The van der Waals surface area contributed by atoms with Gasteiger partial charge in [0.1, 0.15) is 5.82 Å². The molecule has 6 heteroatoms. The molecule has 0 saturated heterocycles. The maximum Gasteiger partial charge on any atom is 0.251 e. The van der Waals surface area contributed by atoms with Crippen LogP contribution in [-0.4, -0.2) is 20.4 Å². The first-order valence-electron chi connectivity index (χ1n) is 5.10. The van der Waals surface area contributed by atoms with Gasteiger partial charge in [0.05, 0.1) is 6.54 Å². The summed E-state index contributed by atoms with van der Waals surface area (Å²) in [5, 5.41) is 2.67. The van der Waals surface area contributed by atoms with Crippen LogP contribution in [-0.2, 0) is 13.6 Å². The van der Waals surface area contributed by atoms with Crippen LogP contribution in [0.2, 0.25) is 0 Å². The van der Waals surface area contributed by atoms with Gasteiger partial charge in [0.25, 0.3) is 11.5 Å². The van der Waals surface area contributed by atoms with Crippen LogP contribution < -0.4 is 10.9 Å². The molecule has 2 rings (SSSR count). The van der Waals surface area contributed by atoms with Gasteiger partial charge in [-0.25, -0.2) is 4.98 Å². The monoisotopic (exact) mass is 232 g/mol. The standard InChI is InChI=1S/C11H12N4O2/c1-15-5-2-8(6-10(15)16)11(17)14-7-9-12-3-4-13-9/h2-6H,7H2,1H3,(H,12,13)(H,14,17). The van der Waals surface area contributed by atoms with Crippen molar-refractivity contribution in [1.29, 1.82) is 0 Å². The highest BCUT2D eigenvalue weighted by atomic mass is 16.2. The van der Waals surface area contributed by atoms with Gasteiger partial charge in [0, 0.05) is 37.3 Å². The molecule has 17 heavy (non-hydrogen) atoms. The number of carbonyl (C=O) groups excluding carboxylic acids is 1. The second-order valence-corrected chi connectivity index (χ2v) is 3.58. The number of aromatic nitrogens is 3. The van der Waals surface area contributed by atoms with Gasteiger partial charge in [0.2, 0.25) is 0 Å².